The third kappa shape index (κ3) is 2.65. The Labute approximate surface area is 120 Å². The van der Waals surface area contributed by atoms with Crippen LogP contribution in [-0.2, 0) is 0 Å². The number of hydrogen-bond donors (Lipinski definition) is 2. The lowest BCUT2D eigenvalue weighted by molar-refractivity contribution is 0.0691. The topological polar surface area (TPSA) is 71.3 Å². The van der Waals surface area contributed by atoms with Crippen molar-refractivity contribution in [2.24, 2.45) is 0 Å². The molecule has 0 bridgehead atoms. The van der Waals surface area contributed by atoms with Crippen LogP contribution in [0.3, 0.4) is 0 Å². The molecule has 0 unspecified atom stereocenters. The number of carboxylic acid groups (broad SMARTS) is 1. The molecule has 0 saturated heterocycles. The number of nitrogens with zero attached hydrogens (tertiary/aromatic N) is 1. The van der Waals surface area contributed by atoms with Gasteiger partial charge in [-0.05, 0) is 43.2 Å². The first-order valence-corrected chi connectivity index (χ1v) is 6.57. The maximum absolute atomic E-state index is 13.3. The molecule has 3 rings (SSSR count). The lowest BCUT2D eigenvalue weighted by Crippen LogP contribution is -2.16. The molecule has 0 atom stereocenters. The van der Waals surface area contributed by atoms with Gasteiger partial charge < -0.3 is 15.0 Å². The second-order valence-electron chi connectivity index (χ2n) is 4.99. The highest BCUT2D eigenvalue weighted by molar-refractivity contribution is 6.03. The Morgan fingerprint density at radius 2 is 2.05 bits per heavy atom. The van der Waals surface area contributed by atoms with Crippen LogP contribution in [0, 0.1) is 5.82 Å². The number of halogens is 1. The first-order valence-electron chi connectivity index (χ1n) is 6.57. The van der Waals surface area contributed by atoms with Crippen molar-refractivity contribution < 1.29 is 19.1 Å². The van der Waals surface area contributed by atoms with E-state index >= 15 is 0 Å². The average molecular weight is 288 g/mol. The van der Waals surface area contributed by atoms with Crippen LogP contribution in [0.25, 0.3) is 0 Å². The van der Waals surface area contributed by atoms with Gasteiger partial charge in [0.05, 0.1) is 5.56 Å². The molecule has 1 fully saturated rings. The molecule has 0 spiro atoms. The number of anilines is 1. The van der Waals surface area contributed by atoms with E-state index < -0.39 is 17.3 Å². The minimum absolute atomic E-state index is 0.252. The SMILES string of the molecule is O=C(O)c1cc(NC(=O)c2cccn2C2CC2)ccc1F. The fourth-order valence-corrected chi connectivity index (χ4v) is 2.22. The zero-order valence-electron chi connectivity index (χ0n) is 11.0. The Morgan fingerprint density at radius 3 is 2.71 bits per heavy atom. The van der Waals surface area contributed by atoms with Gasteiger partial charge in [0.2, 0.25) is 0 Å². The van der Waals surface area contributed by atoms with Crippen molar-refractivity contribution in [1.82, 2.24) is 4.57 Å². The first kappa shape index (κ1) is 13.4. The van der Waals surface area contributed by atoms with Gasteiger partial charge >= 0.3 is 5.97 Å². The summed E-state index contributed by atoms with van der Waals surface area (Å²) in [6.45, 7) is 0. The highest BCUT2D eigenvalue weighted by atomic mass is 19.1. The van der Waals surface area contributed by atoms with Crippen LogP contribution < -0.4 is 5.32 Å². The fourth-order valence-electron chi connectivity index (χ4n) is 2.22. The molecule has 5 nitrogen and oxygen atoms in total. The summed E-state index contributed by atoms with van der Waals surface area (Å²) in [5.41, 5.74) is 0.298. The molecule has 0 radical (unpaired) electrons. The van der Waals surface area contributed by atoms with Crippen molar-refractivity contribution >= 4 is 17.6 Å². The summed E-state index contributed by atoms with van der Waals surface area (Å²) in [6.07, 6.45) is 3.95. The Bertz CT molecular complexity index is 719. The number of nitrogens with one attached hydrogen (secondary N) is 1. The summed E-state index contributed by atoms with van der Waals surface area (Å²) >= 11 is 0. The molecule has 1 amide bonds. The van der Waals surface area contributed by atoms with Crippen LogP contribution in [-0.4, -0.2) is 21.6 Å². The zero-order chi connectivity index (χ0) is 15.0. The summed E-state index contributed by atoms with van der Waals surface area (Å²) in [6, 6.07) is 7.34. The Hall–Kier alpha value is -2.63. The molecule has 1 heterocycles. The van der Waals surface area contributed by atoms with Crippen LogP contribution in [0.5, 0.6) is 0 Å². The third-order valence-electron chi connectivity index (χ3n) is 3.41. The number of hydrogen-bond acceptors (Lipinski definition) is 2. The summed E-state index contributed by atoms with van der Waals surface area (Å²) in [7, 11) is 0. The second kappa shape index (κ2) is 5.05. The van der Waals surface area contributed by atoms with E-state index in [0.29, 0.717) is 11.7 Å². The van der Waals surface area contributed by atoms with E-state index in [4.69, 9.17) is 5.11 Å². The first-order chi connectivity index (χ1) is 10.1. The maximum Gasteiger partial charge on any atom is 0.338 e. The van der Waals surface area contributed by atoms with Gasteiger partial charge in [-0.2, -0.15) is 0 Å². The quantitative estimate of drug-likeness (QED) is 0.908. The van der Waals surface area contributed by atoms with Crippen LogP contribution in [0.15, 0.2) is 36.5 Å². The van der Waals surface area contributed by atoms with E-state index in [1.165, 1.54) is 6.07 Å². The number of amides is 1. The zero-order valence-corrected chi connectivity index (χ0v) is 11.0. The molecule has 1 aliphatic rings. The van der Waals surface area contributed by atoms with Gasteiger partial charge in [-0.3, -0.25) is 4.79 Å². The van der Waals surface area contributed by atoms with Gasteiger partial charge in [0.1, 0.15) is 11.5 Å². The van der Waals surface area contributed by atoms with Gasteiger partial charge in [-0.1, -0.05) is 0 Å². The highest BCUT2D eigenvalue weighted by Gasteiger charge is 2.26. The Morgan fingerprint density at radius 1 is 1.29 bits per heavy atom. The number of benzene rings is 1. The monoisotopic (exact) mass is 288 g/mol. The predicted octanol–water partition coefficient (Wildman–Crippen LogP) is 2.91. The molecule has 108 valence electrons. The van der Waals surface area contributed by atoms with E-state index in [1.807, 2.05) is 10.8 Å². The standard InChI is InChI=1S/C15H13FN2O3/c16-12-6-3-9(8-11(12)15(20)21)17-14(19)13-2-1-7-18(13)10-4-5-10/h1-3,6-8,10H,4-5H2,(H,17,19)(H,20,21). The Balaban J connectivity index is 1.83. The second-order valence-corrected chi connectivity index (χ2v) is 4.99. The molecule has 2 aromatic rings. The van der Waals surface area contributed by atoms with Crippen molar-refractivity contribution in [3.05, 3.63) is 53.6 Å². The van der Waals surface area contributed by atoms with Crippen molar-refractivity contribution in [3.63, 3.8) is 0 Å². The molecule has 0 aliphatic heterocycles. The molecular formula is C15H13FN2O3. The number of carbonyl (C=O) groups excluding carboxylic acids is 1. The fraction of sp³-hybridized carbons (Fsp3) is 0.200. The smallest absolute Gasteiger partial charge is 0.338 e. The summed E-state index contributed by atoms with van der Waals surface area (Å²) in [4.78, 5) is 23.1. The molecule has 6 heteroatoms. The summed E-state index contributed by atoms with van der Waals surface area (Å²) < 4.78 is 15.2. The molecule has 2 N–H and O–H groups in total. The van der Waals surface area contributed by atoms with E-state index in [2.05, 4.69) is 5.32 Å². The van der Waals surface area contributed by atoms with Crippen molar-refractivity contribution in [2.45, 2.75) is 18.9 Å². The van der Waals surface area contributed by atoms with E-state index in [9.17, 15) is 14.0 Å². The minimum atomic E-state index is -1.37. The molecule has 1 saturated carbocycles. The van der Waals surface area contributed by atoms with Crippen LogP contribution in [0.4, 0.5) is 10.1 Å². The number of aromatic carboxylic acids is 1. The van der Waals surface area contributed by atoms with Gasteiger partial charge in [0, 0.05) is 17.9 Å². The number of carbonyl (C=O) groups is 2. The lowest BCUT2D eigenvalue weighted by atomic mass is 10.2. The largest absolute Gasteiger partial charge is 0.478 e. The summed E-state index contributed by atoms with van der Waals surface area (Å²) in [5, 5.41) is 11.5. The number of rotatable bonds is 4. The van der Waals surface area contributed by atoms with Crippen molar-refractivity contribution in [1.29, 1.82) is 0 Å². The lowest BCUT2D eigenvalue weighted by Gasteiger charge is -2.09. The Kier molecular flexibility index (Phi) is 3.21. The predicted molar refractivity (Wildman–Crippen MR) is 74.0 cm³/mol. The van der Waals surface area contributed by atoms with E-state index in [1.54, 1.807) is 12.1 Å². The average Bonchev–Trinajstić information content (AvgIpc) is 3.17. The van der Waals surface area contributed by atoms with Crippen molar-refractivity contribution in [2.75, 3.05) is 5.32 Å². The third-order valence-corrected chi connectivity index (χ3v) is 3.41. The van der Waals surface area contributed by atoms with Gasteiger partial charge in [-0.25, -0.2) is 9.18 Å². The molecule has 1 aromatic heterocycles. The number of aromatic nitrogens is 1. The summed E-state index contributed by atoms with van der Waals surface area (Å²) in [5.74, 6) is -2.54. The van der Waals surface area contributed by atoms with Crippen LogP contribution >= 0.6 is 0 Å². The van der Waals surface area contributed by atoms with Crippen LogP contribution in [0.2, 0.25) is 0 Å². The van der Waals surface area contributed by atoms with Crippen LogP contribution in [0.1, 0.15) is 39.7 Å². The molecule has 21 heavy (non-hydrogen) atoms. The van der Waals surface area contributed by atoms with Gasteiger partial charge in [0.15, 0.2) is 0 Å². The maximum atomic E-state index is 13.3. The molecule has 1 aromatic carbocycles. The molecular weight excluding hydrogens is 275 g/mol. The molecule has 1 aliphatic carbocycles. The van der Waals surface area contributed by atoms with E-state index in [0.717, 1.165) is 25.0 Å². The van der Waals surface area contributed by atoms with Crippen molar-refractivity contribution in [3.8, 4) is 0 Å². The number of carboxylic acids is 1. The normalized spacial score (nSPS) is 14.0. The highest BCUT2D eigenvalue weighted by Crippen LogP contribution is 2.36. The van der Waals surface area contributed by atoms with Gasteiger partial charge in [-0.15, -0.1) is 0 Å². The van der Waals surface area contributed by atoms with Gasteiger partial charge in [0.25, 0.3) is 5.91 Å². The minimum Gasteiger partial charge on any atom is -0.478 e. The van der Waals surface area contributed by atoms with E-state index in [-0.39, 0.29) is 11.6 Å².